The van der Waals surface area contributed by atoms with Crippen molar-refractivity contribution in [1.82, 2.24) is 5.32 Å². The zero-order chi connectivity index (χ0) is 15.0. The summed E-state index contributed by atoms with van der Waals surface area (Å²) < 4.78 is 0. The van der Waals surface area contributed by atoms with Gasteiger partial charge in [0.25, 0.3) is 5.91 Å². The van der Waals surface area contributed by atoms with Crippen molar-refractivity contribution in [3.63, 3.8) is 0 Å². The van der Waals surface area contributed by atoms with Crippen LogP contribution in [0.25, 0.3) is 0 Å². The third kappa shape index (κ3) is 5.64. The summed E-state index contributed by atoms with van der Waals surface area (Å²) >= 11 is 0. The van der Waals surface area contributed by atoms with Crippen molar-refractivity contribution < 1.29 is 4.79 Å². The fourth-order valence-corrected chi connectivity index (χ4v) is 2.32. The number of carbonyl (C=O) groups excluding carboxylic acids is 1. The molecule has 112 valence electrons. The van der Waals surface area contributed by atoms with Crippen LogP contribution in [-0.4, -0.2) is 12.5 Å². The number of nitrogens with one attached hydrogen (secondary N) is 1. The van der Waals surface area contributed by atoms with Gasteiger partial charge < -0.3 is 11.1 Å². The van der Waals surface area contributed by atoms with Crippen molar-refractivity contribution in [2.45, 2.75) is 52.9 Å². The van der Waals surface area contributed by atoms with Gasteiger partial charge >= 0.3 is 0 Å². The van der Waals surface area contributed by atoms with Crippen LogP contribution in [0.15, 0.2) is 18.2 Å². The summed E-state index contributed by atoms with van der Waals surface area (Å²) in [5, 5.41) is 2.96. The Labute approximate surface area is 122 Å². The van der Waals surface area contributed by atoms with E-state index in [0.29, 0.717) is 11.3 Å². The monoisotopic (exact) mass is 276 g/mol. The van der Waals surface area contributed by atoms with Crippen LogP contribution >= 0.6 is 0 Å². The van der Waals surface area contributed by atoms with Gasteiger partial charge in [-0.3, -0.25) is 4.79 Å². The molecule has 3 nitrogen and oxygen atoms in total. The molecule has 0 unspecified atom stereocenters. The second-order valence-corrected chi connectivity index (χ2v) is 5.89. The van der Waals surface area contributed by atoms with Crippen LogP contribution in [0.1, 0.15) is 61.9 Å². The fourth-order valence-electron chi connectivity index (χ4n) is 2.32. The molecule has 3 heteroatoms. The quantitative estimate of drug-likeness (QED) is 0.558. The van der Waals surface area contributed by atoms with Crippen molar-refractivity contribution >= 4 is 11.6 Å². The standard InChI is InChI=1S/C17H28N2O/c1-13(2)9-6-4-5-7-12-19-17(20)16-14(3)10-8-11-15(16)18/h8,10-11,13H,4-7,9,12,18H2,1-3H3,(H,19,20). The van der Waals surface area contributed by atoms with Gasteiger partial charge in [-0.15, -0.1) is 0 Å². The lowest BCUT2D eigenvalue weighted by Gasteiger charge is -2.10. The molecule has 0 fully saturated rings. The highest BCUT2D eigenvalue weighted by Gasteiger charge is 2.11. The minimum Gasteiger partial charge on any atom is -0.398 e. The van der Waals surface area contributed by atoms with Crippen LogP contribution in [0, 0.1) is 12.8 Å². The highest BCUT2D eigenvalue weighted by molar-refractivity contribution is 6.00. The zero-order valence-electron chi connectivity index (χ0n) is 13.0. The second kappa shape index (κ2) is 8.62. The van der Waals surface area contributed by atoms with Gasteiger partial charge in [0.05, 0.1) is 5.56 Å². The number of nitrogen functional groups attached to an aromatic ring is 1. The minimum absolute atomic E-state index is 0.0530. The average molecular weight is 276 g/mol. The van der Waals surface area contributed by atoms with Crippen LogP contribution in [-0.2, 0) is 0 Å². The summed E-state index contributed by atoms with van der Waals surface area (Å²) in [6.07, 6.45) is 6.05. The van der Waals surface area contributed by atoms with Crippen LogP contribution < -0.4 is 11.1 Å². The van der Waals surface area contributed by atoms with Gasteiger partial charge in [0.2, 0.25) is 0 Å². The van der Waals surface area contributed by atoms with E-state index in [1.165, 1.54) is 25.7 Å². The Hall–Kier alpha value is -1.51. The molecule has 0 heterocycles. The van der Waals surface area contributed by atoms with Crippen molar-refractivity contribution in [3.05, 3.63) is 29.3 Å². The van der Waals surface area contributed by atoms with Crippen LogP contribution in [0.5, 0.6) is 0 Å². The van der Waals surface area contributed by atoms with Gasteiger partial charge in [0, 0.05) is 12.2 Å². The Kier molecular flexibility index (Phi) is 7.13. The van der Waals surface area contributed by atoms with E-state index in [0.717, 1.165) is 24.4 Å². The smallest absolute Gasteiger partial charge is 0.253 e. The van der Waals surface area contributed by atoms with Gasteiger partial charge in [-0.2, -0.15) is 0 Å². The number of hydrogen-bond acceptors (Lipinski definition) is 2. The highest BCUT2D eigenvalue weighted by Crippen LogP contribution is 2.16. The number of anilines is 1. The largest absolute Gasteiger partial charge is 0.398 e. The number of aryl methyl sites for hydroxylation is 1. The first-order valence-corrected chi connectivity index (χ1v) is 7.65. The molecule has 1 amide bonds. The molecular formula is C17H28N2O. The Bertz CT molecular complexity index is 407. The number of amides is 1. The molecule has 0 aromatic heterocycles. The molecule has 0 radical (unpaired) electrons. The Morgan fingerprint density at radius 2 is 1.90 bits per heavy atom. The Morgan fingerprint density at radius 1 is 1.20 bits per heavy atom. The lowest BCUT2D eigenvalue weighted by atomic mass is 10.0. The molecule has 0 bridgehead atoms. The van der Waals surface area contributed by atoms with E-state index in [1.54, 1.807) is 6.07 Å². The second-order valence-electron chi connectivity index (χ2n) is 5.89. The van der Waals surface area contributed by atoms with E-state index in [-0.39, 0.29) is 5.91 Å². The van der Waals surface area contributed by atoms with Crippen molar-refractivity contribution in [1.29, 1.82) is 0 Å². The molecule has 0 saturated heterocycles. The molecule has 0 atom stereocenters. The van der Waals surface area contributed by atoms with Crippen LogP contribution in [0.4, 0.5) is 5.69 Å². The predicted molar refractivity (Wildman–Crippen MR) is 85.8 cm³/mol. The van der Waals surface area contributed by atoms with E-state index in [9.17, 15) is 4.79 Å². The lowest BCUT2D eigenvalue weighted by molar-refractivity contribution is 0.0953. The fraction of sp³-hybridized carbons (Fsp3) is 0.588. The number of rotatable bonds is 8. The maximum absolute atomic E-state index is 12.1. The Morgan fingerprint density at radius 3 is 2.55 bits per heavy atom. The molecule has 0 aliphatic heterocycles. The maximum Gasteiger partial charge on any atom is 0.253 e. The van der Waals surface area contributed by atoms with Gasteiger partial charge in [-0.25, -0.2) is 0 Å². The number of unbranched alkanes of at least 4 members (excludes halogenated alkanes) is 3. The molecule has 1 aromatic rings. The third-order valence-electron chi connectivity index (χ3n) is 3.53. The molecule has 0 aliphatic rings. The molecule has 0 spiro atoms. The summed E-state index contributed by atoms with van der Waals surface area (Å²) in [4.78, 5) is 12.1. The number of nitrogens with two attached hydrogens (primary N) is 1. The van der Waals surface area contributed by atoms with Crippen LogP contribution in [0.3, 0.4) is 0 Å². The van der Waals surface area contributed by atoms with Crippen LogP contribution in [0.2, 0.25) is 0 Å². The van der Waals surface area contributed by atoms with E-state index in [2.05, 4.69) is 19.2 Å². The number of carbonyl (C=O) groups is 1. The van der Waals surface area contributed by atoms with Gasteiger partial charge in [0.15, 0.2) is 0 Å². The minimum atomic E-state index is -0.0530. The average Bonchev–Trinajstić information content (AvgIpc) is 2.37. The first kappa shape index (κ1) is 16.5. The number of hydrogen-bond donors (Lipinski definition) is 2. The maximum atomic E-state index is 12.1. The molecule has 3 N–H and O–H groups in total. The van der Waals surface area contributed by atoms with Crippen molar-refractivity contribution in [2.24, 2.45) is 5.92 Å². The van der Waals surface area contributed by atoms with Gasteiger partial charge in [-0.1, -0.05) is 51.7 Å². The van der Waals surface area contributed by atoms with Crippen molar-refractivity contribution in [3.8, 4) is 0 Å². The number of benzene rings is 1. The first-order chi connectivity index (χ1) is 9.52. The normalized spacial score (nSPS) is 10.8. The molecule has 1 aromatic carbocycles. The topological polar surface area (TPSA) is 55.1 Å². The molecule has 20 heavy (non-hydrogen) atoms. The van der Waals surface area contributed by atoms with E-state index in [1.807, 2.05) is 19.1 Å². The summed E-state index contributed by atoms with van der Waals surface area (Å²) in [5.74, 6) is 0.738. The van der Waals surface area contributed by atoms with E-state index >= 15 is 0 Å². The zero-order valence-corrected chi connectivity index (χ0v) is 13.0. The third-order valence-corrected chi connectivity index (χ3v) is 3.53. The predicted octanol–water partition coefficient (Wildman–Crippen LogP) is 3.91. The molecule has 0 aliphatic carbocycles. The van der Waals surface area contributed by atoms with E-state index < -0.39 is 0 Å². The lowest BCUT2D eigenvalue weighted by Crippen LogP contribution is -2.26. The van der Waals surface area contributed by atoms with Crippen molar-refractivity contribution in [2.75, 3.05) is 12.3 Å². The van der Waals surface area contributed by atoms with Gasteiger partial charge in [0.1, 0.15) is 0 Å². The molecule has 1 rings (SSSR count). The summed E-state index contributed by atoms with van der Waals surface area (Å²) in [6, 6.07) is 5.56. The van der Waals surface area contributed by atoms with E-state index in [4.69, 9.17) is 5.73 Å². The first-order valence-electron chi connectivity index (χ1n) is 7.65. The SMILES string of the molecule is Cc1cccc(N)c1C(=O)NCCCCCCC(C)C. The summed E-state index contributed by atoms with van der Waals surface area (Å²) in [6.45, 7) is 7.16. The Balaban J connectivity index is 2.24. The molecule has 0 saturated carbocycles. The summed E-state index contributed by atoms with van der Waals surface area (Å²) in [5.41, 5.74) is 7.96. The highest BCUT2D eigenvalue weighted by atomic mass is 16.1. The summed E-state index contributed by atoms with van der Waals surface area (Å²) in [7, 11) is 0. The van der Waals surface area contributed by atoms with Gasteiger partial charge in [-0.05, 0) is 30.9 Å². The molecular weight excluding hydrogens is 248 g/mol.